The van der Waals surface area contributed by atoms with Crippen molar-refractivity contribution in [2.24, 2.45) is 0 Å². The molecular formula is C22H26Cl3N3O4S. The molecule has 1 atom stereocenters. The first-order valence-corrected chi connectivity index (χ1v) is 13.2. The summed E-state index contributed by atoms with van der Waals surface area (Å²) >= 11 is 18.3. The molecule has 180 valence electrons. The fourth-order valence-corrected chi connectivity index (χ4v) is 4.55. The number of rotatable bonds is 10. The third kappa shape index (κ3) is 7.78. The van der Waals surface area contributed by atoms with Crippen molar-refractivity contribution in [3.63, 3.8) is 0 Å². The lowest BCUT2D eigenvalue weighted by molar-refractivity contribution is -0.139. The van der Waals surface area contributed by atoms with Crippen molar-refractivity contribution in [1.29, 1.82) is 0 Å². The molecule has 0 radical (unpaired) electrons. The van der Waals surface area contributed by atoms with E-state index < -0.39 is 28.5 Å². The van der Waals surface area contributed by atoms with Gasteiger partial charge in [0.25, 0.3) is 0 Å². The van der Waals surface area contributed by atoms with Gasteiger partial charge < -0.3 is 10.2 Å². The zero-order valence-corrected chi connectivity index (χ0v) is 21.6. The molecule has 0 aliphatic rings. The monoisotopic (exact) mass is 533 g/mol. The van der Waals surface area contributed by atoms with E-state index >= 15 is 0 Å². The van der Waals surface area contributed by atoms with Crippen LogP contribution < -0.4 is 9.62 Å². The Morgan fingerprint density at radius 3 is 2.30 bits per heavy atom. The van der Waals surface area contributed by atoms with Crippen LogP contribution >= 0.6 is 34.8 Å². The minimum atomic E-state index is -3.83. The smallest absolute Gasteiger partial charge is 0.244 e. The van der Waals surface area contributed by atoms with Crippen LogP contribution in [0.1, 0.15) is 25.8 Å². The van der Waals surface area contributed by atoms with Gasteiger partial charge in [-0.1, -0.05) is 53.9 Å². The topological polar surface area (TPSA) is 86.8 Å². The van der Waals surface area contributed by atoms with Crippen molar-refractivity contribution < 1.29 is 18.0 Å². The molecule has 2 aromatic carbocycles. The number of nitrogens with zero attached hydrogens (tertiary/aromatic N) is 2. The zero-order valence-electron chi connectivity index (χ0n) is 18.5. The number of carbonyl (C=O) groups is 2. The Balaban J connectivity index is 2.40. The minimum Gasteiger partial charge on any atom is -0.354 e. The molecule has 0 spiro atoms. The van der Waals surface area contributed by atoms with Crippen LogP contribution in [0.25, 0.3) is 0 Å². The lowest BCUT2D eigenvalue weighted by atomic mass is 10.1. The second kappa shape index (κ2) is 11.9. The molecule has 0 fully saturated rings. The van der Waals surface area contributed by atoms with Gasteiger partial charge in [0.1, 0.15) is 12.6 Å². The summed E-state index contributed by atoms with van der Waals surface area (Å²) in [4.78, 5) is 27.4. The largest absolute Gasteiger partial charge is 0.354 e. The average Bonchev–Trinajstić information content (AvgIpc) is 2.73. The van der Waals surface area contributed by atoms with Gasteiger partial charge in [-0.2, -0.15) is 0 Å². The SMILES string of the molecule is CCCNC(=O)C(C)N(Cc1ccc(Cl)cc1Cl)C(=O)CN(c1cccc(Cl)c1)S(C)(=O)=O. The van der Waals surface area contributed by atoms with E-state index in [1.165, 1.54) is 23.1 Å². The Bertz CT molecular complexity index is 1110. The van der Waals surface area contributed by atoms with E-state index in [0.29, 0.717) is 27.2 Å². The van der Waals surface area contributed by atoms with E-state index in [9.17, 15) is 18.0 Å². The predicted molar refractivity (Wildman–Crippen MR) is 133 cm³/mol. The van der Waals surface area contributed by atoms with Crippen LogP contribution in [0.15, 0.2) is 42.5 Å². The molecule has 0 aromatic heterocycles. The number of nitrogens with one attached hydrogen (secondary N) is 1. The van der Waals surface area contributed by atoms with E-state index in [2.05, 4.69) is 5.32 Å². The Morgan fingerprint density at radius 2 is 1.73 bits per heavy atom. The van der Waals surface area contributed by atoms with Gasteiger partial charge in [0.15, 0.2) is 0 Å². The molecular weight excluding hydrogens is 509 g/mol. The van der Waals surface area contributed by atoms with Gasteiger partial charge in [0.05, 0.1) is 11.9 Å². The predicted octanol–water partition coefficient (Wildman–Crippen LogP) is 4.36. The standard InChI is InChI=1S/C22H26Cl3N3O4S/c1-4-10-26-22(30)15(2)27(13-16-8-9-18(24)12-20(16)25)21(29)14-28(33(3,31)32)19-7-5-6-17(23)11-19/h5-9,11-12,15H,4,10,13-14H2,1-3H3,(H,26,30). The van der Waals surface area contributed by atoms with Gasteiger partial charge in [-0.25, -0.2) is 8.42 Å². The zero-order chi connectivity index (χ0) is 24.8. The fraction of sp³-hybridized carbons (Fsp3) is 0.364. The molecule has 1 unspecified atom stereocenters. The van der Waals surface area contributed by atoms with E-state index in [-0.39, 0.29) is 18.1 Å². The molecule has 11 heteroatoms. The van der Waals surface area contributed by atoms with Gasteiger partial charge in [0.2, 0.25) is 21.8 Å². The number of anilines is 1. The summed E-state index contributed by atoms with van der Waals surface area (Å²) < 4.78 is 25.9. The van der Waals surface area contributed by atoms with Crippen molar-refractivity contribution in [3.8, 4) is 0 Å². The fourth-order valence-electron chi connectivity index (χ4n) is 3.06. The van der Waals surface area contributed by atoms with Gasteiger partial charge in [-0.3, -0.25) is 13.9 Å². The highest BCUT2D eigenvalue weighted by Crippen LogP contribution is 2.25. The van der Waals surface area contributed by atoms with Crippen LogP contribution in [0.4, 0.5) is 5.69 Å². The van der Waals surface area contributed by atoms with Crippen LogP contribution in [-0.4, -0.2) is 50.5 Å². The number of hydrogen-bond acceptors (Lipinski definition) is 4. The summed E-state index contributed by atoms with van der Waals surface area (Å²) in [6.45, 7) is 3.41. The molecule has 2 amide bonds. The summed E-state index contributed by atoms with van der Waals surface area (Å²) in [6, 6.07) is 10.1. The van der Waals surface area contributed by atoms with Gasteiger partial charge in [-0.15, -0.1) is 0 Å². The maximum atomic E-state index is 13.4. The number of benzene rings is 2. The van der Waals surface area contributed by atoms with Crippen LogP contribution in [-0.2, 0) is 26.2 Å². The van der Waals surface area contributed by atoms with Gasteiger partial charge in [-0.05, 0) is 49.2 Å². The van der Waals surface area contributed by atoms with E-state index in [0.717, 1.165) is 17.0 Å². The Morgan fingerprint density at radius 1 is 1.06 bits per heavy atom. The second-order valence-electron chi connectivity index (χ2n) is 7.47. The van der Waals surface area contributed by atoms with Crippen molar-refractivity contribution >= 4 is 62.3 Å². The van der Waals surface area contributed by atoms with Crippen LogP contribution in [0.3, 0.4) is 0 Å². The first-order chi connectivity index (χ1) is 15.4. The van der Waals surface area contributed by atoms with E-state index in [1.807, 2.05) is 6.92 Å². The molecule has 2 rings (SSSR count). The van der Waals surface area contributed by atoms with Gasteiger partial charge in [0, 0.05) is 28.2 Å². The summed E-state index contributed by atoms with van der Waals surface area (Å²) in [5, 5.41) is 3.85. The summed E-state index contributed by atoms with van der Waals surface area (Å²) in [6.07, 6.45) is 1.73. The third-order valence-corrected chi connectivity index (χ3v) is 6.81. The van der Waals surface area contributed by atoms with Gasteiger partial charge >= 0.3 is 0 Å². The van der Waals surface area contributed by atoms with Crippen molar-refractivity contribution in [3.05, 3.63) is 63.1 Å². The number of carbonyl (C=O) groups excluding carboxylic acids is 2. The van der Waals surface area contributed by atoms with Crippen LogP contribution in [0, 0.1) is 0 Å². The van der Waals surface area contributed by atoms with Crippen molar-refractivity contribution in [1.82, 2.24) is 10.2 Å². The molecule has 2 aromatic rings. The summed E-state index contributed by atoms with van der Waals surface area (Å²) in [5.41, 5.74) is 0.809. The molecule has 0 aliphatic carbocycles. The molecule has 0 saturated carbocycles. The lowest BCUT2D eigenvalue weighted by Gasteiger charge is -2.31. The quantitative estimate of drug-likeness (QED) is 0.491. The molecule has 1 N–H and O–H groups in total. The maximum absolute atomic E-state index is 13.4. The highest BCUT2D eigenvalue weighted by molar-refractivity contribution is 7.92. The lowest BCUT2D eigenvalue weighted by Crippen LogP contribution is -2.51. The first-order valence-electron chi connectivity index (χ1n) is 10.2. The molecule has 7 nitrogen and oxygen atoms in total. The first kappa shape index (κ1) is 27.2. The summed E-state index contributed by atoms with van der Waals surface area (Å²) in [7, 11) is -3.83. The van der Waals surface area contributed by atoms with Crippen molar-refractivity contribution in [2.45, 2.75) is 32.9 Å². The van der Waals surface area contributed by atoms with Crippen LogP contribution in [0.2, 0.25) is 15.1 Å². The van der Waals surface area contributed by atoms with E-state index in [4.69, 9.17) is 34.8 Å². The van der Waals surface area contributed by atoms with Crippen LogP contribution in [0.5, 0.6) is 0 Å². The molecule has 0 heterocycles. The molecule has 0 bridgehead atoms. The highest BCUT2D eigenvalue weighted by Gasteiger charge is 2.30. The Hall–Kier alpha value is -2.00. The number of amides is 2. The Labute approximate surface area is 209 Å². The van der Waals surface area contributed by atoms with Crippen molar-refractivity contribution in [2.75, 3.05) is 23.7 Å². The molecule has 33 heavy (non-hydrogen) atoms. The Kier molecular flexibility index (Phi) is 9.84. The maximum Gasteiger partial charge on any atom is 0.244 e. The molecule has 0 aliphatic heterocycles. The highest BCUT2D eigenvalue weighted by atomic mass is 35.5. The second-order valence-corrected chi connectivity index (χ2v) is 10.7. The van der Waals surface area contributed by atoms with E-state index in [1.54, 1.807) is 31.2 Å². The number of sulfonamides is 1. The third-order valence-electron chi connectivity index (χ3n) is 4.85. The number of hydrogen-bond donors (Lipinski definition) is 1. The minimum absolute atomic E-state index is 0.0112. The normalized spacial score (nSPS) is 12.2. The summed E-state index contributed by atoms with van der Waals surface area (Å²) in [5.74, 6) is -0.936. The number of halogens is 3. The molecule has 0 saturated heterocycles. The average molecular weight is 535 g/mol.